The van der Waals surface area contributed by atoms with E-state index >= 15 is 0 Å². The minimum Gasteiger partial charge on any atom is -0.495 e. The molecule has 0 amide bonds. The van der Waals surface area contributed by atoms with E-state index in [1.807, 2.05) is 53.1 Å². The summed E-state index contributed by atoms with van der Waals surface area (Å²) >= 11 is 0. The zero-order valence-electron chi connectivity index (χ0n) is 20.4. The van der Waals surface area contributed by atoms with Crippen molar-refractivity contribution in [2.75, 3.05) is 64.1 Å². The van der Waals surface area contributed by atoms with Gasteiger partial charge in [0.15, 0.2) is 0 Å². The van der Waals surface area contributed by atoms with Gasteiger partial charge in [0.25, 0.3) is 0 Å². The number of nitrogens with one attached hydrogen (secondary N) is 2. The van der Waals surface area contributed by atoms with Crippen LogP contribution < -0.4 is 15.4 Å². The number of para-hydroxylation sites is 1. The lowest BCUT2D eigenvalue weighted by molar-refractivity contribution is 0.154. The van der Waals surface area contributed by atoms with Gasteiger partial charge < -0.3 is 25.2 Å². The number of ether oxygens (including phenoxy) is 1. The highest BCUT2D eigenvalue weighted by molar-refractivity contribution is 5.72. The molecule has 0 aliphatic carbocycles. The van der Waals surface area contributed by atoms with Gasteiger partial charge in [-0.3, -0.25) is 4.40 Å². The predicted molar refractivity (Wildman–Crippen MR) is 142 cm³/mol. The van der Waals surface area contributed by atoms with Crippen molar-refractivity contribution in [3.8, 4) is 17.0 Å². The minimum atomic E-state index is 0.714. The topological polar surface area (TPSA) is 70.0 Å². The Bertz CT molecular complexity index is 1250. The lowest BCUT2D eigenvalue weighted by Crippen LogP contribution is -2.44. The number of benzene rings is 2. The number of hydrogen-bond acceptors (Lipinski definition) is 7. The number of fused-ring (bicyclic) bond motifs is 1. The molecule has 3 heterocycles. The summed E-state index contributed by atoms with van der Waals surface area (Å²) < 4.78 is 7.67. The molecule has 0 radical (unpaired) electrons. The summed E-state index contributed by atoms with van der Waals surface area (Å²) in [5.74, 6) is 1.52. The summed E-state index contributed by atoms with van der Waals surface area (Å²) in [7, 11) is 3.90. The maximum Gasteiger partial charge on any atom is 0.213 e. The van der Waals surface area contributed by atoms with Gasteiger partial charge in [0, 0.05) is 62.4 Å². The van der Waals surface area contributed by atoms with Gasteiger partial charge in [-0.1, -0.05) is 24.3 Å². The summed E-state index contributed by atoms with van der Waals surface area (Å²) in [6, 6.07) is 18.2. The van der Waals surface area contributed by atoms with Crippen LogP contribution in [0, 0.1) is 0 Å². The Morgan fingerprint density at radius 2 is 1.83 bits per heavy atom. The fraction of sp³-hybridized carbons (Fsp3) is 0.333. The summed E-state index contributed by atoms with van der Waals surface area (Å²) in [5, 5.41) is 6.96. The van der Waals surface area contributed by atoms with Crippen LogP contribution in [0.4, 0.5) is 17.3 Å². The molecule has 2 aromatic heterocycles. The van der Waals surface area contributed by atoms with Crippen LogP contribution in [-0.2, 0) is 0 Å². The Hall–Kier alpha value is -3.62. The molecular formula is C27H33N7O. The first-order valence-corrected chi connectivity index (χ1v) is 12.2. The number of aromatic nitrogens is 3. The lowest BCUT2D eigenvalue weighted by atomic mass is 10.1. The fourth-order valence-corrected chi connectivity index (χ4v) is 4.40. The van der Waals surface area contributed by atoms with E-state index < -0.39 is 0 Å². The summed E-state index contributed by atoms with van der Waals surface area (Å²) in [4.78, 5) is 14.3. The van der Waals surface area contributed by atoms with Crippen LogP contribution in [0.2, 0.25) is 0 Å². The summed E-state index contributed by atoms with van der Waals surface area (Å²) in [6.07, 6.45) is 4.79. The van der Waals surface area contributed by atoms with E-state index in [1.54, 1.807) is 13.3 Å². The van der Waals surface area contributed by atoms with Gasteiger partial charge >= 0.3 is 0 Å². The van der Waals surface area contributed by atoms with Crippen molar-refractivity contribution >= 4 is 23.0 Å². The van der Waals surface area contributed by atoms with Crippen LogP contribution in [0.15, 0.2) is 67.0 Å². The van der Waals surface area contributed by atoms with Crippen LogP contribution in [0.5, 0.6) is 5.75 Å². The number of nitrogens with zero attached hydrogens (tertiary/aromatic N) is 5. The van der Waals surface area contributed by atoms with E-state index in [-0.39, 0.29) is 0 Å². The van der Waals surface area contributed by atoms with Gasteiger partial charge in [0.05, 0.1) is 18.5 Å². The van der Waals surface area contributed by atoms with E-state index in [2.05, 4.69) is 44.6 Å². The quantitative estimate of drug-likeness (QED) is 0.355. The molecular weight excluding hydrogens is 438 g/mol. The maximum absolute atomic E-state index is 5.72. The molecule has 8 heteroatoms. The first-order valence-electron chi connectivity index (χ1n) is 12.2. The molecule has 0 atom stereocenters. The number of imidazole rings is 1. The van der Waals surface area contributed by atoms with Crippen LogP contribution in [0.1, 0.15) is 6.42 Å². The second-order valence-electron chi connectivity index (χ2n) is 8.95. The van der Waals surface area contributed by atoms with E-state index in [0.29, 0.717) is 5.95 Å². The summed E-state index contributed by atoms with van der Waals surface area (Å²) in [5.41, 5.74) is 4.62. The van der Waals surface area contributed by atoms with Gasteiger partial charge in [-0.15, -0.1) is 0 Å². The summed E-state index contributed by atoms with van der Waals surface area (Å²) in [6.45, 7) is 6.65. The molecule has 0 saturated carbocycles. The molecule has 0 bridgehead atoms. The van der Waals surface area contributed by atoms with Crippen molar-refractivity contribution in [2.24, 2.45) is 0 Å². The molecule has 4 aromatic rings. The molecule has 1 aliphatic heterocycles. The zero-order chi connectivity index (χ0) is 24.0. The molecule has 2 N–H and O–H groups in total. The van der Waals surface area contributed by atoms with Crippen LogP contribution in [-0.4, -0.2) is 77.6 Å². The van der Waals surface area contributed by atoms with Crippen molar-refractivity contribution in [3.63, 3.8) is 0 Å². The molecule has 35 heavy (non-hydrogen) atoms. The van der Waals surface area contributed by atoms with E-state index in [0.717, 1.165) is 79.7 Å². The highest BCUT2D eigenvalue weighted by Crippen LogP contribution is 2.31. The third kappa shape index (κ3) is 5.55. The monoisotopic (exact) mass is 471 g/mol. The number of likely N-dealkylation sites (N-methyl/N-ethyl adjacent to an activating group) is 1. The molecule has 8 nitrogen and oxygen atoms in total. The Kier molecular flexibility index (Phi) is 7.11. The highest BCUT2D eigenvalue weighted by Gasteiger charge is 2.14. The number of hydrogen-bond donors (Lipinski definition) is 2. The Balaban J connectivity index is 1.29. The smallest absolute Gasteiger partial charge is 0.213 e. The van der Waals surface area contributed by atoms with Gasteiger partial charge in [-0.2, -0.15) is 0 Å². The van der Waals surface area contributed by atoms with E-state index in [1.165, 1.54) is 0 Å². The van der Waals surface area contributed by atoms with Crippen LogP contribution >= 0.6 is 0 Å². The average molecular weight is 472 g/mol. The number of rotatable bonds is 9. The first kappa shape index (κ1) is 23.1. The third-order valence-electron chi connectivity index (χ3n) is 6.48. The molecule has 1 saturated heterocycles. The van der Waals surface area contributed by atoms with E-state index in [4.69, 9.17) is 9.72 Å². The fourth-order valence-electron chi connectivity index (χ4n) is 4.40. The Morgan fingerprint density at radius 1 is 1.00 bits per heavy atom. The molecule has 5 rings (SSSR count). The van der Waals surface area contributed by atoms with E-state index in [9.17, 15) is 0 Å². The highest BCUT2D eigenvalue weighted by atomic mass is 16.5. The molecule has 2 aromatic carbocycles. The van der Waals surface area contributed by atoms with Crippen molar-refractivity contribution in [1.29, 1.82) is 0 Å². The number of methoxy groups -OCH3 is 1. The van der Waals surface area contributed by atoms with Crippen molar-refractivity contribution < 1.29 is 4.74 Å². The molecule has 182 valence electrons. The maximum atomic E-state index is 5.72. The second kappa shape index (κ2) is 10.8. The second-order valence-corrected chi connectivity index (χ2v) is 8.95. The molecule has 0 spiro atoms. The Morgan fingerprint density at radius 3 is 2.63 bits per heavy atom. The average Bonchev–Trinajstić information content (AvgIpc) is 3.37. The van der Waals surface area contributed by atoms with Crippen molar-refractivity contribution in [1.82, 2.24) is 24.2 Å². The SMILES string of the molecule is COc1cc(-c2cc3nccn3c(Nc3ccccc3)n2)ccc1NCCCN1CCN(C)CC1. The van der Waals surface area contributed by atoms with Crippen molar-refractivity contribution in [2.45, 2.75) is 6.42 Å². The van der Waals surface area contributed by atoms with Gasteiger partial charge in [-0.05, 0) is 44.3 Å². The molecule has 1 fully saturated rings. The van der Waals surface area contributed by atoms with Gasteiger partial charge in [0.2, 0.25) is 5.95 Å². The third-order valence-corrected chi connectivity index (χ3v) is 6.48. The molecule has 0 unspecified atom stereocenters. The largest absolute Gasteiger partial charge is 0.495 e. The molecule has 1 aliphatic rings. The predicted octanol–water partition coefficient (Wildman–Crippen LogP) is 4.20. The minimum absolute atomic E-state index is 0.714. The number of piperazine rings is 1. The van der Waals surface area contributed by atoms with Gasteiger partial charge in [0.1, 0.15) is 11.4 Å². The van der Waals surface area contributed by atoms with Crippen LogP contribution in [0.3, 0.4) is 0 Å². The first-order chi connectivity index (χ1) is 17.2. The number of anilines is 3. The normalized spacial score (nSPS) is 14.8. The van der Waals surface area contributed by atoms with Crippen LogP contribution in [0.25, 0.3) is 16.9 Å². The van der Waals surface area contributed by atoms with Gasteiger partial charge in [-0.25, -0.2) is 9.97 Å². The van der Waals surface area contributed by atoms with Crippen molar-refractivity contribution in [3.05, 3.63) is 67.0 Å². The zero-order valence-corrected chi connectivity index (χ0v) is 20.4. The Labute approximate surface area is 206 Å². The standard InChI is InChI=1S/C27H33N7O/c1-32-15-17-33(18-16-32)13-6-11-28-23-10-9-21(19-25(23)35-2)24-20-26-29-12-14-34(26)27(31-24)30-22-7-4-3-5-8-22/h3-5,7-10,12,14,19-20,28H,6,11,13,15-18H2,1-2H3,(H,30,31). The lowest BCUT2D eigenvalue weighted by Gasteiger charge is -2.32.